The molecule has 22 heavy (non-hydrogen) atoms. The Morgan fingerprint density at radius 1 is 1.32 bits per heavy atom. The van der Waals surface area contributed by atoms with Gasteiger partial charge in [0.05, 0.1) is 11.8 Å². The van der Waals surface area contributed by atoms with Gasteiger partial charge >= 0.3 is 17.7 Å². The molecule has 0 N–H and O–H groups in total. The topological polar surface area (TPSA) is 61.2 Å². The quantitative estimate of drug-likeness (QED) is 0.799. The summed E-state index contributed by atoms with van der Waals surface area (Å²) in [5, 5.41) is 0. The molecule has 116 valence electrons. The van der Waals surface area contributed by atoms with E-state index >= 15 is 0 Å². The Labute approximate surface area is 123 Å². The lowest BCUT2D eigenvalue weighted by molar-refractivity contribution is -0.137. The summed E-state index contributed by atoms with van der Waals surface area (Å²) in [5.74, 6) is -1.24. The summed E-state index contributed by atoms with van der Waals surface area (Å²) in [6.45, 7) is 2.60. The highest BCUT2D eigenvalue weighted by Gasteiger charge is 2.30. The fraction of sp³-hybridized carbons (Fsp3) is 0.214. The van der Waals surface area contributed by atoms with Crippen LogP contribution in [0.4, 0.5) is 13.2 Å². The van der Waals surface area contributed by atoms with E-state index in [1.807, 2.05) is 0 Å². The van der Waals surface area contributed by atoms with Crippen LogP contribution in [0.2, 0.25) is 0 Å². The van der Waals surface area contributed by atoms with Crippen LogP contribution in [0.5, 0.6) is 5.88 Å². The number of aryl methyl sites for hydroxylation is 1. The van der Waals surface area contributed by atoms with E-state index in [0.717, 1.165) is 23.6 Å². The molecule has 0 aliphatic rings. The first kappa shape index (κ1) is 15.7. The average molecular weight is 312 g/mol. The summed E-state index contributed by atoms with van der Waals surface area (Å²) in [6, 6.07) is 4.28. The summed E-state index contributed by atoms with van der Waals surface area (Å²) in [7, 11) is 0. The van der Waals surface area contributed by atoms with Crippen molar-refractivity contribution in [2.24, 2.45) is 0 Å². The molecule has 0 bridgehead atoms. The van der Waals surface area contributed by atoms with Crippen LogP contribution < -0.4 is 10.3 Å². The molecule has 1 aromatic heterocycles. The van der Waals surface area contributed by atoms with Crippen LogP contribution >= 0.6 is 0 Å². The fourth-order valence-electron chi connectivity index (χ4n) is 1.87. The summed E-state index contributed by atoms with van der Waals surface area (Å²) >= 11 is 0. The maximum atomic E-state index is 12.8. The molecule has 0 fully saturated rings. The highest BCUT2D eigenvalue weighted by atomic mass is 19.4. The normalized spacial score (nSPS) is 11.3. The van der Waals surface area contributed by atoms with Crippen molar-refractivity contribution in [3.63, 3.8) is 0 Å². The van der Waals surface area contributed by atoms with Crippen molar-refractivity contribution in [1.29, 1.82) is 0 Å². The van der Waals surface area contributed by atoms with Crippen molar-refractivity contribution in [3.8, 4) is 11.6 Å². The van der Waals surface area contributed by atoms with E-state index in [2.05, 4.69) is 9.72 Å². The minimum atomic E-state index is -4.53. The van der Waals surface area contributed by atoms with Crippen LogP contribution in [0, 0.1) is 6.92 Å². The van der Waals surface area contributed by atoms with Gasteiger partial charge in [-0.3, -0.25) is 14.2 Å². The van der Waals surface area contributed by atoms with Crippen LogP contribution in [0.3, 0.4) is 0 Å². The summed E-state index contributed by atoms with van der Waals surface area (Å²) in [4.78, 5) is 26.8. The fourth-order valence-corrected chi connectivity index (χ4v) is 1.87. The van der Waals surface area contributed by atoms with E-state index in [-0.39, 0.29) is 5.69 Å². The number of hydrogen-bond acceptors (Lipinski definition) is 4. The summed E-state index contributed by atoms with van der Waals surface area (Å²) in [5.41, 5.74) is -1.38. The number of ether oxygens (including phenoxy) is 1. The molecule has 0 atom stereocenters. The number of benzene rings is 1. The molecule has 0 spiro atoms. The molecule has 5 nitrogen and oxygen atoms in total. The first-order chi connectivity index (χ1) is 10.2. The van der Waals surface area contributed by atoms with Crippen molar-refractivity contribution in [2.75, 3.05) is 0 Å². The minimum Gasteiger partial charge on any atom is -0.402 e. The Kier molecular flexibility index (Phi) is 4.03. The molecule has 0 saturated heterocycles. The first-order valence-electron chi connectivity index (χ1n) is 6.15. The Bertz CT molecular complexity index is 782. The first-order valence-corrected chi connectivity index (χ1v) is 6.15. The smallest absolute Gasteiger partial charge is 0.402 e. The van der Waals surface area contributed by atoms with Gasteiger partial charge in [-0.25, -0.2) is 4.98 Å². The lowest BCUT2D eigenvalue weighted by Gasteiger charge is -2.13. The maximum Gasteiger partial charge on any atom is 0.416 e. The van der Waals surface area contributed by atoms with Gasteiger partial charge < -0.3 is 4.74 Å². The minimum absolute atomic E-state index is 0.00753. The Balaban J connectivity index is 2.62. The van der Waals surface area contributed by atoms with Crippen molar-refractivity contribution in [2.45, 2.75) is 20.0 Å². The number of nitrogens with zero attached hydrogens (tertiary/aromatic N) is 2. The molecule has 1 aromatic carbocycles. The van der Waals surface area contributed by atoms with Gasteiger partial charge in [-0.05, 0) is 25.1 Å². The van der Waals surface area contributed by atoms with Crippen LogP contribution in [-0.4, -0.2) is 15.5 Å². The SMILES string of the molecule is CC(=O)Oc1ncc(C)n(-c2cccc(C(F)(F)F)c2)c1=O. The monoisotopic (exact) mass is 312 g/mol. The van der Waals surface area contributed by atoms with Gasteiger partial charge in [0.2, 0.25) is 0 Å². The van der Waals surface area contributed by atoms with Crippen LogP contribution in [0.15, 0.2) is 35.3 Å². The van der Waals surface area contributed by atoms with Gasteiger partial charge in [0.1, 0.15) is 0 Å². The van der Waals surface area contributed by atoms with Crippen molar-refractivity contribution in [3.05, 3.63) is 52.1 Å². The van der Waals surface area contributed by atoms with Crippen molar-refractivity contribution in [1.82, 2.24) is 9.55 Å². The molecule has 0 saturated carbocycles. The predicted molar refractivity (Wildman–Crippen MR) is 70.9 cm³/mol. The predicted octanol–water partition coefficient (Wildman–Crippen LogP) is 2.49. The summed E-state index contributed by atoms with van der Waals surface area (Å²) in [6.07, 6.45) is -3.29. The third kappa shape index (κ3) is 3.16. The van der Waals surface area contributed by atoms with E-state index in [1.165, 1.54) is 25.3 Å². The van der Waals surface area contributed by atoms with E-state index in [0.29, 0.717) is 5.69 Å². The standard InChI is InChI=1S/C14H11F3N2O3/c1-8-7-18-12(22-9(2)20)13(21)19(8)11-5-3-4-10(6-11)14(15,16)17/h3-7H,1-2H3. The second-order valence-electron chi connectivity index (χ2n) is 4.49. The number of carbonyl (C=O) groups excluding carboxylic acids is 1. The van der Waals surface area contributed by atoms with Gasteiger partial charge in [0.15, 0.2) is 0 Å². The largest absolute Gasteiger partial charge is 0.416 e. The third-order valence-electron chi connectivity index (χ3n) is 2.78. The third-order valence-corrected chi connectivity index (χ3v) is 2.78. The lowest BCUT2D eigenvalue weighted by atomic mass is 10.2. The number of aromatic nitrogens is 2. The second kappa shape index (κ2) is 5.63. The average Bonchev–Trinajstić information content (AvgIpc) is 2.41. The number of rotatable bonds is 2. The number of carbonyl (C=O) groups is 1. The molecule has 2 rings (SSSR count). The molecule has 0 unspecified atom stereocenters. The van der Waals surface area contributed by atoms with E-state index in [9.17, 15) is 22.8 Å². The molecule has 8 heteroatoms. The van der Waals surface area contributed by atoms with E-state index < -0.39 is 29.1 Å². The van der Waals surface area contributed by atoms with Crippen molar-refractivity contribution >= 4 is 5.97 Å². The summed E-state index contributed by atoms with van der Waals surface area (Å²) < 4.78 is 44.0. The van der Waals surface area contributed by atoms with Crippen molar-refractivity contribution < 1.29 is 22.7 Å². The zero-order valence-corrected chi connectivity index (χ0v) is 11.6. The second-order valence-corrected chi connectivity index (χ2v) is 4.49. The number of esters is 1. The molecule has 2 aromatic rings. The molecule has 1 heterocycles. The van der Waals surface area contributed by atoms with E-state index in [4.69, 9.17) is 0 Å². The number of alkyl halides is 3. The molecule has 0 radical (unpaired) electrons. The molecule has 0 aliphatic carbocycles. The Hall–Kier alpha value is -2.64. The van der Waals surface area contributed by atoms with Gasteiger partial charge in [-0.15, -0.1) is 0 Å². The Morgan fingerprint density at radius 2 is 2.00 bits per heavy atom. The Morgan fingerprint density at radius 3 is 2.59 bits per heavy atom. The van der Waals surface area contributed by atoms with E-state index in [1.54, 1.807) is 0 Å². The number of halogens is 3. The van der Waals surface area contributed by atoms with Gasteiger partial charge in [-0.1, -0.05) is 6.07 Å². The highest BCUT2D eigenvalue weighted by Crippen LogP contribution is 2.30. The molecular formula is C14H11F3N2O3. The molecular weight excluding hydrogens is 301 g/mol. The van der Waals surface area contributed by atoms with Gasteiger partial charge in [0, 0.05) is 18.3 Å². The van der Waals surface area contributed by atoms with Gasteiger partial charge in [0.25, 0.3) is 5.88 Å². The van der Waals surface area contributed by atoms with Crippen LogP contribution in [0.1, 0.15) is 18.2 Å². The van der Waals surface area contributed by atoms with Crippen LogP contribution in [-0.2, 0) is 11.0 Å². The zero-order chi connectivity index (χ0) is 16.5. The van der Waals surface area contributed by atoms with Crippen LogP contribution in [0.25, 0.3) is 5.69 Å². The molecule has 0 amide bonds. The molecule has 0 aliphatic heterocycles. The lowest BCUT2D eigenvalue weighted by Crippen LogP contribution is -2.25. The number of hydrogen-bond donors (Lipinski definition) is 0. The highest BCUT2D eigenvalue weighted by molar-refractivity contribution is 5.68. The van der Waals surface area contributed by atoms with Gasteiger partial charge in [-0.2, -0.15) is 13.2 Å². The zero-order valence-electron chi connectivity index (χ0n) is 11.6. The maximum absolute atomic E-state index is 12.8.